The molecule has 3 rings (SSSR count). The third kappa shape index (κ3) is 2.52. The van der Waals surface area contributed by atoms with Gasteiger partial charge in [-0.25, -0.2) is 4.98 Å². The molecule has 3 aromatic rings. The van der Waals surface area contributed by atoms with Crippen LogP contribution in [0, 0.1) is 0 Å². The first kappa shape index (κ1) is 12.7. The predicted octanol–water partition coefficient (Wildman–Crippen LogP) is 4.60. The summed E-state index contributed by atoms with van der Waals surface area (Å²) in [7, 11) is 0. The Morgan fingerprint density at radius 2 is 1.79 bits per heavy atom. The molecule has 0 bridgehead atoms. The molecule has 6 heteroatoms. The highest BCUT2D eigenvalue weighted by molar-refractivity contribution is 7.99. The second kappa shape index (κ2) is 4.96. The Morgan fingerprint density at radius 3 is 2.47 bits per heavy atom. The molecule has 0 spiro atoms. The summed E-state index contributed by atoms with van der Waals surface area (Å²) in [4.78, 5) is 8.43. The molecule has 0 unspecified atom stereocenters. The Bertz CT molecular complexity index is 698. The van der Waals surface area contributed by atoms with Gasteiger partial charge in [-0.3, -0.25) is 0 Å². The fourth-order valence-corrected chi connectivity index (χ4v) is 3.30. The first-order valence-corrected chi connectivity index (χ1v) is 7.08. The second-order valence-electron chi connectivity index (χ2n) is 3.97. The van der Waals surface area contributed by atoms with Crippen LogP contribution in [0.15, 0.2) is 46.5 Å². The summed E-state index contributed by atoms with van der Waals surface area (Å²) in [6, 6.07) is 11.2. The lowest BCUT2D eigenvalue weighted by Crippen LogP contribution is -1.87. The normalized spacial score (nSPS) is 11.1. The van der Waals surface area contributed by atoms with Crippen molar-refractivity contribution in [1.82, 2.24) is 9.97 Å². The largest absolute Gasteiger partial charge is 0.399 e. The summed E-state index contributed by atoms with van der Waals surface area (Å²) in [6.45, 7) is 0. The molecule has 0 aliphatic carbocycles. The van der Waals surface area contributed by atoms with E-state index in [1.54, 1.807) is 12.1 Å². The Labute approximate surface area is 124 Å². The van der Waals surface area contributed by atoms with Gasteiger partial charge in [-0.2, -0.15) is 0 Å². The molecule has 1 heterocycles. The van der Waals surface area contributed by atoms with Gasteiger partial charge in [0.25, 0.3) is 0 Å². The fourth-order valence-electron chi connectivity index (χ4n) is 1.75. The third-order valence-corrected chi connectivity index (χ3v) is 4.44. The van der Waals surface area contributed by atoms with E-state index in [-0.39, 0.29) is 0 Å². The van der Waals surface area contributed by atoms with Gasteiger partial charge in [0.2, 0.25) is 0 Å². The van der Waals surface area contributed by atoms with E-state index in [2.05, 4.69) is 9.97 Å². The van der Waals surface area contributed by atoms with Gasteiger partial charge in [-0.15, -0.1) is 0 Å². The quantitative estimate of drug-likeness (QED) is 0.680. The van der Waals surface area contributed by atoms with E-state index < -0.39 is 0 Å². The van der Waals surface area contributed by atoms with Gasteiger partial charge in [-0.05, 0) is 36.0 Å². The number of fused-ring (bicyclic) bond motifs is 1. The molecule has 0 saturated heterocycles. The summed E-state index contributed by atoms with van der Waals surface area (Å²) in [6.07, 6.45) is 0. The minimum Gasteiger partial charge on any atom is -0.399 e. The Hall–Kier alpha value is -1.36. The molecule has 0 radical (unpaired) electrons. The number of aromatic amines is 1. The standard InChI is InChI=1S/C13H9Cl2N3S/c14-8-5-7(16)6-9(15)12(8)19-13-17-10-3-1-2-4-11(10)18-13/h1-6H,16H2,(H,17,18). The highest BCUT2D eigenvalue weighted by atomic mass is 35.5. The number of hydrogen-bond acceptors (Lipinski definition) is 3. The van der Waals surface area contributed by atoms with Crippen molar-refractivity contribution in [3.8, 4) is 0 Å². The number of para-hydroxylation sites is 2. The zero-order chi connectivity index (χ0) is 13.4. The highest BCUT2D eigenvalue weighted by Crippen LogP contribution is 2.39. The van der Waals surface area contributed by atoms with Crippen LogP contribution in [-0.2, 0) is 0 Å². The topological polar surface area (TPSA) is 54.7 Å². The second-order valence-corrected chi connectivity index (χ2v) is 5.79. The van der Waals surface area contributed by atoms with Crippen LogP contribution in [0.2, 0.25) is 10.0 Å². The van der Waals surface area contributed by atoms with Gasteiger partial charge in [-0.1, -0.05) is 35.3 Å². The van der Waals surface area contributed by atoms with Crippen molar-refractivity contribution in [2.24, 2.45) is 0 Å². The molecule has 0 saturated carbocycles. The zero-order valence-corrected chi connectivity index (χ0v) is 12.0. The van der Waals surface area contributed by atoms with Crippen molar-refractivity contribution in [3.05, 3.63) is 46.4 Å². The number of H-pyrrole nitrogens is 1. The molecule has 2 aromatic carbocycles. The lowest BCUT2D eigenvalue weighted by molar-refractivity contribution is 1.08. The number of nitrogens with one attached hydrogen (secondary N) is 1. The number of hydrogen-bond donors (Lipinski definition) is 2. The summed E-state index contributed by atoms with van der Waals surface area (Å²) in [5.41, 5.74) is 8.12. The summed E-state index contributed by atoms with van der Waals surface area (Å²) < 4.78 is 0. The number of imidazole rings is 1. The van der Waals surface area contributed by atoms with Gasteiger partial charge in [0.1, 0.15) is 0 Å². The van der Waals surface area contributed by atoms with Crippen molar-refractivity contribution in [2.75, 3.05) is 5.73 Å². The lowest BCUT2D eigenvalue weighted by atomic mass is 10.3. The molecule has 0 fully saturated rings. The smallest absolute Gasteiger partial charge is 0.171 e. The lowest BCUT2D eigenvalue weighted by Gasteiger charge is -2.05. The minimum absolute atomic E-state index is 0.524. The van der Waals surface area contributed by atoms with Crippen molar-refractivity contribution in [1.29, 1.82) is 0 Å². The number of nitrogens with two attached hydrogens (primary N) is 1. The van der Waals surface area contributed by atoms with Crippen molar-refractivity contribution in [3.63, 3.8) is 0 Å². The summed E-state index contributed by atoms with van der Waals surface area (Å²) in [5, 5.41) is 1.79. The molecule has 3 nitrogen and oxygen atoms in total. The van der Waals surface area contributed by atoms with Gasteiger partial charge in [0, 0.05) is 5.69 Å². The molecule has 1 aromatic heterocycles. The van der Waals surface area contributed by atoms with E-state index in [1.165, 1.54) is 11.8 Å². The van der Waals surface area contributed by atoms with Crippen LogP contribution in [0.4, 0.5) is 5.69 Å². The Morgan fingerprint density at radius 1 is 1.11 bits per heavy atom. The van der Waals surface area contributed by atoms with Crippen LogP contribution < -0.4 is 5.73 Å². The maximum atomic E-state index is 6.16. The van der Waals surface area contributed by atoms with E-state index in [0.29, 0.717) is 15.7 Å². The first-order valence-electron chi connectivity index (χ1n) is 5.50. The minimum atomic E-state index is 0.524. The molecule has 96 valence electrons. The molecule has 0 amide bonds. The zero-order valence-electron chi connectivity index (χ0n) is 9.65. The predicted molar refractivity (Wildman–Crippen MR) is 81.1 cm³/mol. The number of halogens is 2. The van der Waals surface area contributed by atoms with Crippen molar-refractivity contribution in [2.45, 2.75) is 10.1 Å². The van der Waals surface area contributed by atoms with Crippen LogP contribution in [0.3, 0.4) is 0 Å². The monoisotopic (exact) mass is 309 g/mol. The van der Waals surface area contributed by atoms with Gasteiger partial charge in [0.15, 0.2) is 5.16 Å². The average molecular weight is 310 g/mol. The number of benzene rings is 2. The maximum Gasteiger partial charge on any atom is 0.171 e. The number of rotatable bonds is 2. The average Bonchev–Trinajstić information content (AvgIpc) is 2.76. The SMILES string of the molecule is Nc1cc(Cl)c(Sc2nc3ccccc3[nH]2)c(Cl)c1. The molecule has 19 heavy (non-hydrogen) atoms. The van der Waals surface area contributed by atoms with E-state index in [1.807, 2.05) is 24.3 Å². The molecule has 0 atom stereocenters. The van der Waals surface area contributed by atoms with E-state index in [4.69, 9.17) is 28.9 Å². The number of nitrogens with zero attached hydrogens (tertiary/aromatic N) is 1. The third-order valence-electron chi connectivity index (χ3n) is 2.59. The Kier molecular flexibility index (Phi) is 3.31. The van der Waals surface area contributed by atoms with Gasteiger partial charge >= 0.3 is 0 Å². The highest BCUT2D eigenvalue weighted by Gasteiger charge is 2.11. The number of aromatic nitrogens is 2. The first-order chi connectivity index (χ1) is 9.13. The molecular formula is C13H9Cl2N3S. The summed E-state index contributed by atoms with van der Waals surface area (Å²) >= 11 is 13.7. The molecule has 0 aliphatic rings. The van der Waals surface area contributed by atoms with Crippen LogP contribution in [0.25, 0.3) is 11.0 Å². The van der Waals surface area contributed by atoms with E-state index in [9.17, 15) is 0 Å². The van der Waals surface area contributed by atoms with Crippen LogP contribution in [-0.4, -0.2) is 9.97 Å². The van der Waals surface area contributed by atoms with E-state index >= 15 is 0 Å². The van der Waals surface area contributed by atoms with Crippen LogP contribution >= 0.6 is 35.0 Å². The van der Waals surface area contributed by atoms with Crippen molar-refractivity contribution >= 4 is 51.7 Å². The summed E-state index contributed by atoms with van der Waals surface area (Å²) in [5.74, 6) is 0. The number of anilines is 1. The van der Waals surface area contributed by atoms with Crippen LogP contribution in [0.5, 0.6) is 0 Å². The van der Waals surface area contributed by atoms with E-state index in [0.717, 1.165) is 21.1 Å². The van der Waals surface area contributed by atoms with Crippen LogP contribution in [0.1, 0.15) is 0 Å². The maximum absolute atomic E-state index is 6.16. The van der Waals surface area contributed by atoms with Crippen molar-refractivity contribution < 1.29 is 0 Å². The fraction of sp³-hybridized carbons (Fsp3) is 0. The molecular weight excluding hydrogens is 301 g/mol. The number of nitrogen functional groups attached to an aromatic ring is 1. The molecule has 0 aliphatic heterocycles. The Balaban J connectivity index is 2.01. The van der Waals surface area contributed by atoms with Gasteiger partial charge < -0.3 is 10.7 Å². The molecule has 3 N–H and O–H groups in total. The van der Waals surface area contributed by atoms with Gasteiger partial charge in [0.05, 0.1) is 26.0 Å².